The third kappa shape index (κ3) is 1.34. The fraction of sp³-hybridized carbons (Fsp3) is 0.778. The van der Waals surface area contributed by atoms with Crippen LogP contribution in [-0.2, 0) is 0 Å². The summed E-state index contributed by atoms with van der Waals surface area (Å²) >= 11 is 0. The molecule has 0 bridgehead atoms. The molecular weight excluding hydrogens is 122 g/mol. The van der Waals surface area contributed by atoms with E-state index in [9.17, 15) is 0 Å². The predicted molar refractivity (Wildman–Crippen MR) is 44.8 cm³/mol. The van der Waals surface area contributed by atoms with E-state index in [2.05, 4.69) is 25.5 Å². The van der Waals surface area contributed by atoms with Crippen LogP contribution in [0.25, 0.3) is 0 Å². The van der Waals surface area contributed by atoms with Crippen LogP contribution in [0.4, 0.5) is 0 Å². The first kappa shape index (κ1) is 7.64. The van der Waals surface area contributed by atoms with Gasteiger partial charge in [-0.3, -0.25) is 0 Å². The molecule has 0 aromatic rings. The Labute approximate surface area is 63.7 Å². The van der Waals surface area contributed by atoms with Crippen molar-refractivity contribution < 1.29 is 0 Å². The number of hydrogen-bond donors (Lipinski definition) is 0. The average Bonchev–Trinajstić information content (AvgIpc) is 1.82. The van der Waals surface area contributed by atoms with Crippen molar-refractivity contribution in [2.75, 3.05) is 13.6 Å². The van der Waals surface area contributed by atoms with Gasteiger partial charge in [-0.25, -0.2) is 0 Å². The third-order valence-electron chi connectivity index (χ3n) is 2.54. The third-order valence-corrected chi connectivity index (χ3v) is 2.54. The van der Waals surface area contributed by atoms with Crippen molar-refractivity contribution in [3.8, 4) is 0 Å². The molecule has 1 rings (SSSR count). The van der Waals surface area contributed by atoms with Crippen molar-refractivity contribution in [2.24, 2.45) is 5.92 Å². The van der Waals surface area contributed by atoms with E-state index in [0.717, 1.165) is 12.5 Å². The van der Waals surface area contributed by atoms with Crippen molar-refractivity contribution >= 4 is 0 Å². The molecule has 0 heterocycles. The van der Waals surface area contributed by atoms with Gasteiger partial charge in [-0.15, -0.1) is 0 Å². The summed E-state index contributed by atoms with van der Waals surface area (Å²) in [7, 11) is 2.13. The van der Waals surface area contributed by atoms with Crippen molar-refractivity contribution in [3.05, 3.63) is 12.3 Å². The highest BCUT2D eigenvalue weighted by Gasteiger charge is 2.21. The molecule has 0 atom stereocenters. The molecule has 0 unspecified atom stereocenters. The summed E-state index contributed by atoms with van der Waals surface area (Å²) in [5.74, 6) is 0.810. The molecule has 0 saturated heterocycles. The zero-order chi connectivity index (χ0) is 7.56. The first-order chi connectivity index (χ1) is 4.75. The highest BCUT2D eigenvalue weighted by molar-refractivity contribution is 5.02. The van der Waals surface area contributed by atoms with Gasteiger partial charge < -0.3 is 4.90 Å². The van der Waals surface area contributed by atoms with Crippen molar-refractivity contribution in [1.29, 1.82) is 0 Å². The van der Waals surface area contributed by atoms with Gasteiger partial charge >= 0.3 is 0 Å². The van der Waals surface area contributed by atoms with Crippen LogP contribution in [0.5, 0.6) is 0 Å². The molecule has 1 fully saturated rings. The molecule has 1 heteroatoms. The quantitative estimate of drug-likeness (QED) is 0.579. The molecule has 1 nitrogen and oxygen atoms in total. The summed E-state index contributed by atoms with van der Waals surface area (Å²) < 4.78 is 0. The second-order valence-electron chi connectivity index (χ2n) is 3.13. The van der Waals surface area contributed by atoms with E-state index in [4.69, 9.17) is 0 Å². The molecule has 0 radical (unpaired) electrons. The van der Waals surface area contributed by atoms with Crippen LogP contribution in [0.3, 0.4) is 0 Å². The molecule has 0 aromatic heterocycles. The first-order valence-electron chi connectivity index (χ1n) is 4.15. The molecular formula is C9H17N. The second kappa shape index (κ2) is 3.09. The molecule has 1 aliphatic carbocycles. The molecule has 58 valence electrons. The Morgan fingerprint density at radius 2 is 2.20 bits per heavy atom. The van der Waals surface area contributed by atoms with Gasteiger partial charge in [-0.2, -0.15) is 0 Å². The number of allylic oxidation sites excluding steroid dienone is 1. The maximum atomic E-state index is 4.07. The molecule has 10 heavy (non-hydrogen) atoms. The molecule has 0 spiro atoms. The Hall–Kier alpha value is -0.460. The van der Waals surface area contributed by atoms with Gasteiger partial charge in [0.15, 0.2) is 0 Å². The minimum absolute atomic E-state index is 0.810. The topological polar surface area (TPSA) is 3.24 Å². The van der Waals surface area contributed by atoms with Gasteiger partial charge in [0, 0.05) is 19.3 Å². The van der Waals surface area contributed by atoms with Crippen molar-refractivity contribution in [1.82, 2.24) is 4.90 Å². The monoisotopic (exact) mass is 139 g/mol. The summed E-state index contributed by atoms with van der Waals surface area (Å²) in [5, 5.41) is 0. The lowest BCUT2D eigenvalue weighted by Gasteiger charge is -2.33. The van der Waals surface area contributed by atoms with E-state index < -0.39 is 0 Å². The van der Waals surface area contributed by atoms with Crippen LogP contribution in [0.1, 0.15) is 26.2 Å². The van der Waals surface area contributed by atoms with Gasteiger partial charge in [-0.05, 0) is 25.7 Å². The fourth-order valence-corrected chi connectivity index (χ4v) is 1.26. The summed E-state index contributed by atoms with van der Waals surface area (Å²) in [6.45, 7) is 7.34. The lowest BCUT2D eigenvalue weighted by atomic mass is 9.83. The average molecular weight is 139 g/mol. The summed E-state index contributed by atoms with van der Waals surface area (Å²) in [5.41, 5.74) is 1.34. The van der Waals surface area contributed by atoms with Gasteiger partial charge in [-0.1, -0.05) is 13.0 Å². The molecule has 0 N–H and O–H groups in total. The summed E-state index contributed by atoms with van der Waals surface area (Å²) in [4.78, 5) is 2.25. The van der Waals surface area contributed by atoms with Gasteiger partial charge in [0.05, 0.1) is 0 Å². The summed E-state index contributed by atoms with van der Waals surface area (Å²) in [6.07, 6.45) is 4.13. The van der Waals surface area contributed by atoms with Crippen LogP contribution in [0.15, 0.2) is 12.3 Å². The zero-order valence-electron chi connectivity index (χ0n) is 7.06. The smallest absolute Gasteiger partial charge is 0.0143 e. The lowest BCUT2D eigenvalue weighted by molar-refractivity contribution is 0.282. The van der Waals surface area contributed by atoms with E-state index in [1.165, 1.54) is 25.0 Å². The summed E-state index contributed by atoms with van der Waals surface area (Å²) in [6, 6.07) is 0. The fourth-order valence-electron chi connectivity index (χ4n) is 1.26. The second-order valence-corrected chi connectivity index (χ2v) is 3.13. The van der Waals surface area contributed by atoms with Gasteiger partial charge in [0.2, 0.25) is 0 Å². The van der Waals surface area contributed by atoms with Crippen molar-refractivity contribution in [3.63, 3.8) is 0 Å². The number of rotatable bonds is 3. The zero-order valence-corrected chi connectivity index (χ0v) is 7.06. The van der Waals surface area contributed by atoms with Gasteiger partial charge in [0.25, 0.3) is 0 Å². The van der Waals surface area contributed by atoms with Gasteiger partial charge in [0.1, 0.15) is 0 Å². The van der Waals surface area contributed by atoms with Crippen LogP contribution in [0.2, 0.25) is 0 Å². The van der Waals surface area contributed by atoms with E-state index in [1.54, 1.807) is 0 Å². The van der Waals surface area contributed by atoms with Crippen LogP contribution >= 0.6 is 0 Å². The Morgan fingerprint density at radius 1 is 1.60 bits per heavy atom. The standard InChI is InChI=1S/C9H17N/c1-4-10(3)8(2)9-6-5-7-9/h9H,2,4-7H2,1,3H3. The predicted octanol–water partition coefficient (Wildman–Crippen LogP) is 2.25. The van der Waals surface area contributed by atoms with E-state index in [-0.39, 0.29) is 0 Å². The van der Waals surface area contributed by atoms with E-state index >= 15 is 0 Å². The molecule has 1 saturated carbocycles. The molecule has 0 aliphatic heterocycles. The number of nitrogens with zero attached hydrogens (tertiary/aromatic N) is 1. The molecule has 1 aliphatic rings. The Kier molecular flexibility index (Phi) is 2.36. The van der Waals surface area contributed by atoms with Crippen LogP contribution < -0.4 is 0 Å². The Balaban J connectivity index is 2.32. The first-order valence-corrected chi connectivity index (χ1v) is 4.15. The minimum atomic E-state index is 0.810. The van der Waals surface area contributed by atoms with Crippen LogP contribution in [0, 0.1) is 5.92 Å². The minimum Gasteiger partial charge on any atom is -0.378 e. The van der Waals surface area contributed by atoms with Crippen molar-refractivity contribution in [2.45, 2.75) is 26.2 Å². The van der Waals surface area contributed by atoms with E-state index in [1.807, 2.05) is 0 Å². The van der Waals surface area contributed by atoms with Crippen LogP contribution in [-0.4, -0.2) is 18.5 Å². The SMILES string of the molecule is C=C(C1CCC1)N(C)CC. The van der Waals surface area contributed by atoms with E-state index in [0.29, 0.717) is 0 Å². The normalized spacial score (nSPS) is 18.2. The number of hydrogen-bond acceptors (Lipinski definition) is 1. The largest absolute Gasteiger partial charge is 0.378 e. The Morgan fingerprint density at radius 3 is 2.50 bits per heavy atom. The molecule has 0 aromatic carbocycles. The molecule has 0 amide bonds. The maximum Gasteiger partial charge on any atom is 0.0143 e. The highest BCUT2D eigenvalue weighted by atomic mass is 15.1. The highest BCUT2D eigenvalue weighted by Crippen LogP contribution is 2.33. The maximum absolute atomic E-state index is 4.07. The lowest BCUT2D eigenvalue weighted by Crippen LogP contribution is -2.26. The Bertz CT molecular complexity index is 118.